The lowest BCUT2D eigenvalue weighted by Crippen LogP contribution is -2.63. The highest BCUT2D eigenvalue weighted by molar-refractivity contribution is 6.01. The van der Waals surface area contributed by atoms with E-state index in [0.29, 0.717) is 17.9 Å². The van der Waals surface area contributed by atoms with Gasteiger partial charge in [-0.3, -0.25) is 4.79 Å². The molecule has 1 amide bonds. The molecular weight excluding hydrogens is 542 g/mol. The van der Waals surface area contributed by atoms with Crippen LogP contribution in [0.2, 0.25) is 0 Å². The van der Waals surface area contributed by atoms with Crippen LogP contribution in [0.5, 0.6) is 5.75 Å². The van der Waals surface area contributed by atoms with Crippen LogP contribution in [0.3, 0.4) is 0 Å². The van der Waals surface area contributed by atoms with Gasteiger partial charge in [0.15, 0.2) is 0 Å². The number of hydrogen-bond acceptors (Lipinski definition) is 6. The van der Waals surface area contributed by atoms with Crippen LogP contribution >= 0.6 is 0 Å². The molecule has 0 aliphatic carbocycles. The molecule has 7 nitrogen and oxygen atoms in total. The minimum absolute atomic E-state index is 0.231. The van der Waals surface area contributed by atoms with Gasteiger partial charge in [-0.15, -0.1) is 0 Å². The van der Waals surface area contributed by atoms with E-state index in [4.69, 9.17) is 14.2 Å². The van der Waals surface area contributed by atoms with Crippen molar-refractivity contribution in [2.75, 3.05) is 13.7 Å². The summed E-state index contributed by atoms with van der Waals surface area (Å²) in [5, 5.41) is 24.5. The zero-order chi connectivity index (χ0) is 30.4. The lowest BCUT2D eigenvalue weighted by atomic mass is 9.89. The minimum Gasteiger partial charge on any atom is -0.462 e. The van der Waals surface area contributed by atoms with Crippen LogP contribution in [0.1, 0.15) is 36.2 Å². The minimum atomic E-state index is -1.35. The maximum atomic E-state index is 13.6. The first-order valence-corrected chi connectivity index (χ1v) is 14.6. The van der Waals surface area contributed by atoms with Crippen LogP contribution in [0.15, 0.2) is 103 Å². The van der Waals surface area contributed by atoms with Crippen molar-refractivity contribution in [2.24, 2.45) is 0 Å². The van der Waals surface area contributed by atoms with Gasteiger partial charge in [-0.05, 0) is 72.7 Å². The Labute approximate surface area is 253 Å². The van der Waals surface area contributed by atoms with Crippen molar-refractivity contribution in [2.45, 2.75) is 56.9 Å². The smallest absolute Gasteiger partial charge is 0.252 e. The predicted octanol–water partition coefficient (Wildman–Crippen LogP) is 5.63. The Morgan fingerprint density at radius 3 is 2.14 bits per heavy atom. The molecule has 4 aromatic carbocycles. The first-order valence-electron chi connectivity index (χ1n) is 14.6. The molecule has 0 bridgehead atoms. The quantitative estimate of drug-likeness (QED) is 0.210. The molecule has 0 spiro atoms. The summed E-state index contributed by atoms with van der Waals surface area (Å²) in [6.45, 7) is 4.04. The van der Waals surface area contributed by atoms with Gasteiger partial charge >= 0.3 is 0 Å². The van der Waals surface area contributed by atoms with Crippen molar-refractivity contribution in [3.05, 3.63) is 114 Å². The van der Waals surface area contributed by atoms with Gasteiger partial charge in [-0.1, -0.05) is 84.9 Å². The van der Waals surface area contributed by atoms with E-state index in [1.165, 1.54) is 12.7 Å². The van der Waals surface area contributed by atoms with E-state index >= 15 is 0 Å². The molecule has 1 aliphatic heterocycles. The molecule has 1 fully saturated rings. The van der Waals surface area contributed by atoms with E-state index in [-0.39, 0.29) is 5.91 Å². The van der Waals surface area contributed by atoms with Gasteiger partial charge in [0, 0.05) is 13.7 Å². The monoisotopic (exact) mass is 581 g/mol. The second kappa shape index (κ2) is 13.5. The molecule has 43 heavy (non-hydrogen) atoms. The van der Waals surface area contributed by atoms with E-state index in [0.717, 1.165) is 35.1 Å². The highest BCUT2D eigenvalue weighted by Crippen LogP contribution is 2.34. The number of ether oxygens (including phenoxy) is 3. The lowest BCUT2D eigenvalue weighted by Gasteiger charge is -2.46. The highest BCUT2D eigenvalue weighted by atomic mass is 16.7. The van der Waals surface area contributed by atoms with Crippen molar-refractivity contribution >= 4 is 5.91 Å². The third kappa shape index (κ3) is 7.14. The second-order valence-electron chi connectivity index (χ2n) is 11.3. The Hall–Kier alpha value is -4.01. The number of carbonyl (C=O) groups is 1. The maximum Gasteiger partial charge on any atom is 0.252 e. The van der Waals surface area contributed by atoms with Crippen LogP contribution in [0, 0.1) is 0 Å². The number of nitrogens with one attached hydrogen (secondary N) is 1. The summed E-state index contributed by atoms with van der Waals surface area (Å²) in [7, 11) is 1.46. The number of aryl methyl sites for hydroxylation is 1. The summed E-state index contributed by atoms with van der Waals surface area (Å²) in [5.41, 5.74) is 4.56. The summed E-state index contributed by atoms with van der Waals surface area (Å²) < 4.78 is 17.4. The average molecular weight is 582 g/mol. The third-order valence-corrected chi connectivity index (χ3v) is 7.86. The summed E-state index contributed by atoms with van der Waals surface area (Å²) in [6.07, 6.45) is -2.81. The van der Waals surface area contributed by atoms with Gasteiger partial charge in [0.05, 0.1) is 11.2 Å². The average Bonchev–Trinajstić information content (AvgIpc) is 3.03. The fraction of sp³-hybridized carbons (Fsp3) is 0.306. The highest BCUT2D eigenvalue weighted by Gasteiger charge is 2.50. The number of methoxy groups -OCH3 is 1. The zero-order valence-corrected chi connectivity index (χ0v) is 24.8. The number of benzene rings is 4. The van der Waals surface area contributed by atoms with Crippen molar-refractivity contribution in [1.29, 1.82) is 0 Å². The molecule has 5 rings (SSSR count). The summed E-state index contributed by atoms with van der Waals surface area (Å²) in [6, 6.07) is 33.6. The standard InChI is InChI=1S/C36H39NO6/c1-36(2)33(41-3)31(38)32(39)35(43-36)42-28-20-21-29(27-18-16-26(17-19-27)25-14-8-5-9-15-25)30(23-28)34(40)37-22-10-13-24-11-6-4-7-12-24/h4-9,11-12,14-21,23,31-33,35,38-39H,10,13,22H2,1-3H3,(H,37,40). The lowest BCUT2D eigenvalue weighted by molar-refractivity contribution is -0.305. The van der Waals surface area contributed by atoms with Crippen molar-refractivity contribution in [3.8, 4) is 28.0 Å². The Kier molecular flexibility index (Phi) is 9.58. The van der Waals surface area contributed by atoms with Gasteiger partial charge in [-0.25, -0.2) is 0 Å². The van der Waals surface area contributed by atoms with Gasteiger partial charge in [0.25, 0.3) is 5.91 Å². The second-order valence-corrected chi connectivity index (χ2v) is 11.3. The Morgan fingerprint density at radius 1 is 0.837 bits per heavy atom. The van der Waals surface area contributed by atoms with Crippen LogP contribution in [-0.4, -0.2) is 60.0 Å². The van der Waals surface area contributed by atoms with Crippen molar-refractivity contribution in [3.63, 3.8) is 0 Å². The number of carbonyl (C=O) groups excluding carboxylic acids is 1. The Balaban J connectivity index is 1.38. The van der Waals surface area contributed by atoms with Crippen LogP contribution in [0.4, 0.5) is 0 Å². The molecule has 0 aromatic heterocycles. The van der Waals surface area contributed by atoms with Crippen molar-refractivity contribution < 1.29 is 29.2 Å². The normalized spacial score (nSPS) is 21.2. The van der Waals surface area contributed by atoms with Gasteiger partial charge in [-0.2, -0.15) is 0 Å². The fourth-order valence-corrected chi connectivity index (χ4v) is 5.58. The Bertz CT molecular complexity index is 1490. The van der Waals surface area contributed by atoms with Gasteiger partial charge < -0.3 is 29.7 Å². The fourth-order valence-electron chi connectivity index (χ4n) is 5.58. The van der Waals surface area contributed by atoms with Crippen molar-refractivity contribution in [1.82, 2.24) is 5.32 Å². The SMILES string of the molecule is COC1C(O)C(O)C(Oc2ccc(-c3ccc(-c4ccccc4)cc3)c(C(=O)NCCCc3ccccc3)c2)OC1(C)C. The molecular formula is C36H39NO6. The molecule has 0 saturated carbocycles. The van der Waals surface area contributed by atoms with Gasteiger partial charge in [0.1, 0.15) is 24.1 Å². The van der Waals surface area contributed by atoms with Gasteiger partial charge in [0.2, 0.25) is 6.29 Å². The van der Waals surface area contributed by atoms with Crippen LogP contribution < -0.4 is 10.1 Å². The molecule has 3 N–H and O–H groups in total. The Morgan fingerprint density at radius 2 is 1.47 bits per heavy atom. The molecule has 4 atom stereocenters. The third-order valence-electron chi connectivity index (χ3n) is 7.86. The number of aliphatic hydroxyl groups excluding tert-OH is 2. The topological polar surface area (TPSA) is 97.3 Å². The molecule has 224 valence electrons. The summed E-state index contributed by atoms with van der Waals surface area (Å²) in [5.74, 6) is 0.104. The zero-order valence-electron chi connectivity index (χ0n) is 24.8. The summed E-state index contributed by atoms with van der Waals surface area (Å²) >= 11 is 0. The first-order chi connectivity index (χ1) is 20.8. The van der Waals surface area contributed by atoms with E-state index < -0.39 is 30.2 Å². The van der Waals surface area contributed by atoms with E-state index in [1.807, 2.05) is 66.7 Å². The molecule has 1 aliphatic rings. The number of amides is 1. The molecule has 0 radical (unpaired) electrons. The number of rotatable bonds is 10. The van der Waals surface area contributed by atoms with Crippen LogP contribution in [0.25, 0.3) is 22.3 Å². The van der Waals surface area contributed by atoms with E-state index in [2.05, 4.69) is 29.6 Å². The molecule has 7 heteroatoms. The van der Waals surface area contributed by atoms with E-state index in [9.17, 15) is 15.0 Å². The first kappa shape index (κ1) is 30.4. The predicted molar refractivity (Wildman–Crippen MR) is 167 cm³/mol. The molecule has 1 heterocycles. The summed E-state index contributed by atoms with van der Waals surface area (Å²) in [4.78, 5) is 13.6. The maximum absolute atomic E-state index is 13.6. The number of hydrogen-bond donors (Lipinski definition) is 3. The number of aliphatic hydroxyl groups is 2. The molecule has 4 aromatic rings. The van der Waals surface area contributed by atoms with Crippen LogP contribution in [-0.2, 0) is 15.9 Å². The largest absolute Gasteiger partial charge is 0.462 e. The molecule has 1 saturated heterocycles. The van der Waals surface area contributed by atoms with E-state index in [1.54, 1.807) is 26.0 Å². The molecule has 4 unspecified atom stereocenters.